The van der Waals surface area contributed by atoms with Crippen molar-refractivity contribution in [1.82, 2.24) is 0 Å². The van der Waals surface area contributed by atoms with E-state index in [1.54, 1.807) is 0 Å². The summed E-state index contributed by atoms with van der Waals surface area (Å²) in [5.74, 6) is -0.222. The Bertz CT molecular complexity index is 4750. The normalized spacial score (nSPS) is 13.6. The van der Waals surface area contributed by atoms with Crippen molar-refractivity contribution in [2.24, 2.45) is 0 Å². The molecule has 15 rings (SSSR count). The highest BCUT2D eigenvalue weighted by Gasteiger charge is 2.46. The number of benzene rings is 13. The van der Waals surface area contributed by atoms with Crippen molar-refractivity contribution >= 4 is 74.5 Å². The van der Waals surface area contributed by atoms with E-state index >= 15 is 0 Å². The molecule has 2 heterocycles. The van der Waals surface area contributed by atoms with E-state index in [-0.39, 0.29) is 22.2 Å². The number of hydrogen-bond donors (Lipinski definition) is 0. The van der Waals surface area contributed by atoms with E-state index in [1.165, 1.54) is 65.3 Å². The molecule has 13 aromatic rings. The van der Waals surface area contributed by atoms with E-state index in [9.17, 15) is 0 Å². The minimum atomic E-state index is -2.82. The second kappa shape index (κ2) is 24.1. The number of rotatable bonds is 11. The third-order valence-corrected chi connectivity index (χ3v) is 24.9. The van der Waals surface area contributed by atoms with Gasteiger partial charge in [-0.05, 0) is 159 Å². The molecular weight excluding hydrogens is 1180 g/mol. The predicted octanol–water partition coefficient (Wildman–Crippen LogP) is 22.7. The average Bonchev–Trinajstić information content (AvgIpc) is 0.688. The lowest BCUT2D eigenvalue weighted by Gasteiger charge is -2.47. The molecule has 0 bridgehead atoms. The average molecular weight is 1260 g/mol. The number of halogens is 1. The van der Waals surface area contributed by atoms with Crippen LogP contribution < -0.4 is 30.5 Å². The molecule has 1 unspecified atom stereocenters. The van der Waals surface area contributed by atoms with Crippen molar-refractivity contribution in [3.8, 4) is 55.6 Å². The van der Waals surface area contributed by atoms with Crippen LogP contribution in [0.25, 0.3) is 55.6 Å². The van der Waals surface area contributed by atoms with Crippen molar-refractivity contribution in [2.75, 3.05) is 9.80 Å². The van der Waals surface area contributed by atoms with E-state index in [4.69, 9.17) is 11.6 Å². The van der Waals surface area contributed by atoms with Crippen LogP contribution in [-0.4, -0.2) is 8.07 Å². The fourth-order valence-corrected chi connectivity index (χ4v) is 19.9. The van der Waals surface area contributed by atoms with Crippen molar-refractivity contribution in [3.05, 3.63) is 348 Å². The lowest BCUT2D eigenvalue weighted by molar-refractivity contribution is 0.589. The van der Waals surface area contributed by atoms with Gasteiger partial charge >= 0.3 is 0 Å². The standard InChI is InChI=1S/C91H79ClN2Si/c1-89(2,3)67-54-76(62-31-17-10-18-32-62)87(77(55-67)63-33-19-11-20-34-63)93-81-52-47-66(61-45-49-74(50-46-61)95(71-39-25-14-26-40-71,72-41-27-15-28-42-72)73-43-29-16-30-44-73)53-80(81)85-75-51-48-70(92)60-82(75)94(84-59-69(91(7,8)9)58-83(93)86(84)85)88-78(64-35-21-12-22-36-64)56-68(90(4,5)6)57-79(88)65-37-23-13-24-38-65/h10-60,85H,1-9H3. The fourth-order valence-electron chi connectivity index (χ4n) is 15.0. The van der Waals surface area contributed by atoms with Crippen LogP contribution in [0.5, 0.6) is 0 Å². The molecule has 2 aliphatic heterocycles. The van der Waals surface area contributed by atoms with Crippen LogP contribution in [0, 0.1) is 0 Å². The molecule has 0 aliphatic carbocycles. The van der Waals surface area contributed by atoms with Crippen molar-refractivity contribution in [1.29, 1.82) is 0 Å². The van der Waals surface area contributed by atoms with Crippen LogP contribution in [0.1, 0.15) is 102 Å². The third-order valence-electron chi connectivity index (χ3n) is 19.9. The Balaban J connectivity index is 1.07. The number of anilines is 6. The maximum atomic E-state index is 7.53. The number of nitrogens with zero attached hydrogens (tertiary/aromatic N) is 2. The monoisotopic (exact) mass is 1260 g/mol. The highest BCUT2D eigenvalue weighted by atomic mass is 35.5. The zero-order valence-electron chi connectivity index (χ0n) is 55.8. The van der Waals surface area contributed by atoms with Gasteiger partial charge in [-0.1, -0.05) is 323 Å². The summed E-state index contributed by atoms with van der Waals surface area (Å²) in [7, 11) is -2.82. The molecule has 0 saturated heterocycles. The highest BCUT2D eigenvalue weighted by molar-refractivity contribution is 7.19. The smallest absolute Gasteiger partial charge is 0.179 e. The van der Waals surface area contributed by atoms with Crippen LogP contribution in [0.15, 0.2) is 309 Å². The van der Waals surface area contributed by atoms with Crippen molar-refractivity contribution in [2.45, 2.75) is 84.5 Å². The predicted molar refractivity (Wildman–Crippen MR) is 409 cm³/mol. The molecule has 4 heteroatoms. The van der Waals surface area contributed by atoms with Crippen molar-refractivity contribution < 1.29 is 0 Å². The minimum Gasteiger partial charge on any atom is -0.309 e. The molecule has 0 amide bonds. The van der Waals surface area contributed by atoms with Gasteiger partial charge in [0.05, 0.1) is 34.1 Å². The Hall–Kier alpha value is -10.0. The summed E-state index contributed by atoms with van der Waals surface area (Å²) in [5, 5.41) is 6.08. The maximum Gasteiger partial charge on any atom is 0.179 e. The Kier molecular flexibility index (Phi) is 15.5. The van der Waals surface area contributed by atoms with Crippen LogP contribution in [0.2, 0.25) is 5.02 Å². The van der Waals surface area contributed by atoms with Gasteiger partial charge in [-0.2, -0.15) is 0 Å². The number of hydrogen-bond acceptors (Lipinski definition) is 2. The van der Waals surface area contributed by atoms with Crippen LogP contribution >= 0.6 is 11.6 Å². The Morgan fingerprint density at radius 3 is 0.968 bits per heavy atom. The summed E-state index contributed by atoms with van der Waals surface area (Å²) in [6.07, 6.45) is 0. The number of fused-ring (bicyclic) bond motifs is 4. The van der Waals surface area contributed by atoms with Crippen LogP contribution in [0.4, 0.5) is 34.1 Å². The largest absolute Gasteiger partial charge is 0.309 e. The molecule has 0 N–H and O–H groups in total. The van der Waals surface area contributed by atoms with Gasteiger partial charge in [-0.15, -0.1) is 0 Å². The van der Waals surface area contributed by atoms with E-state index in [0.29, 0.717) is 5.02 Å². The van der Waals surface area contributed by atoms with Gasteiger partial charge in [-0.3, -0.25) is 0 Å². The summed E-state index contributed by atoms with van der Waals surface area (Å²) >= 11 is 7.53. The zero-order valence-corrected chi connectivity index (χ0v) is 57.6. The molecule has 2 aliphatic rings. The van der Waals surface area contributed by atoms with Gasteiger partial charge in [0, 0.05) is 38.8 Å². The van der Waals surface area contributed by atoms with Crippen LogP contribution in [0.3, 0.4) is 0 Å². The van der Waals surface area contributed by atoms with Crippen molar-refractivity contribution in [3.63, 3.8) is 0 Å². The molecule has 0 spiro atoms. The summed E-state index contributed by atoms with van der Waals surface area (Å²) in [6, 6.07) is 117. The Labute approximate surface area is 568 Å². The minimum absolute atomic E-state index is 0.167. The second-order valence-electron chi connectivity index (χ2n) is 29.0. The molecule has 464 valence electrons. The Morgan fingerprint density at radius 2 is 0.600 bits per heavy atom. The summed E-state index contributed by atoms with van der Waals surface area (Å²) < 4.78 is 0. The first-order valence-electron chi connectivity index (χ1n) is 33.5. The topological polar surface area (TPSA) is 6.48 Å². The molecule has 0 aromatic heterocycles. The maximum absolute atomic E-state index is 7.53. The summed E-state index contributed by atoms with van der Waals surface area (Å²) in [6.45, 7) is 21.1. The Morgan fingerprint density at radius 1 is 0.274 bits per heavy atom. The molecule has 0 fully saturated rings. The first kappa shape index (κ1) is 61.2. The lowest BCUT2D eigenvalue weighted by Crippen LogP contribution is -2.74. The third kappa shape index (κ3) is 10.9. The van der Waals surface area contributed by atoms with Gasteiger partial charge in [0.1, 0.15) is 0 Å². The SMILES string of the molecule is CC(C)(C)c1cc(-c2ccccc2)c(N2c3ccc(-c4ccc([Si](c5ccccc5)(c5ccccc5)c5ccccc5)cc4)cc3C3c4ccc(Cl)cc4N(c4c(-c5ccccc5)cc(C(C)(C)C)cc4-c4ccccc4)c4cc(C(C)(C)C)cc2c43)c(-c2ccccc2)c1. The van der Waals surface area contributed by atoms with Gasteiger partial charge in [0.25, 0.3) is 0 Å². The molecule has 13 aromatic carbocycles. The fraction of sp³-hybridized carbons (Fsp3) is 0.143. The first-order chi connectivity index (χ1) is 45.9. The van der Waals surface area contributed by atoms with E-state index in [2.05, 4.69) is 381 Å². The summed E-state index contributed by atoms with van der Waals surface area (Å²) in [4.78, 5) is 5.30. The molecule has 0 radical (unpaired) electrons. The highest BCUT2D eigenvalue weighted by Crippen LogP contribution is 2.65. The quantitative estimate of drug-likeness (QED) is 0.0941. The van der Waals surface area contributed by atoms with E-state index in [0.717, 1.165) is 78.6 Å². The first-order valence-corrected chi connectivity index (χ1v) is 35.9. The van der Waals surface area contributed by atoms with E-state index < -0.39 is 8.07 Å². The van der Waals surface area contributed by atoms with E-state index in [1.807, 2.05) is 0 Å². The molecule has 1 atom stereocenters. The second-order valence-corrected chi connectivity index (χ2v) is 33.2. The van der Waals surface area contributed by atoms with Gasteiger partial charge in [0.15, 0.2) is 8.07 Å². The molecule has 95 heavy (non-hydrogen) atoms. The summed E-state index contributed by atoms with van der Waals surface area (Å²) in [5.41, 5.74) is 25.1. The van der Waals surface area contributed by atoms with Gasteiger partial charge < -0.3 is 9.80 Å². The van der Waals surface area contributed by atoms with Crippen LogP contribution in [-0.2, 0) is 16.2 Å². The molecule has 0 saturated carbocycles. The zero-order chi connectivity index (χ0) is 65.4. The lowest BCUT2D eigenvalue weighted by atomic mass is 9.72. The molecule has 2 nitrogen and oxygen atoms in total. The molecular formula is C91H79ClN2Si. The van der Waals surface area contributed by atoms with Gasteiger partial charge in [0.2, 0.25) is 0 Å². The van der Waals surface area contributed by atoms with Gasteiger partial charge in [-0.25, -0.2) is 0 Å².